The topological polar surface area (TPSA) is 74.5 Å². The molecule has 202 valence electrons. The summed E-state index contributed by atoms with van der Waals surface area (Å²) < 4.78 is 44.8. The zero-order valence-corrected chi connectivity index (χ0v) is 22.2. The highest BCUT2D eigenvalue weighted by Gasteiger charge is 2.57. The highest BCUT2D eigenvalue weighted by Crippen LogP contribution is 2.53. The Bertz CT molecular complexity index is 1360. The van der Waals surface area contributed by atoms with E-state index in [2.05, 4.69) is 28.8 Å². The van der Waals surface area contributed by atoms with Gasteiger partial charge in [-0.2, -0.15) is 18.3 Å². The maximum absolute atomic E-state index is 14.6. The summed E-state index contributed by atoms with van der Waals surface area (Å²) in [6.07, 6.45) is -0.819. The van der Waals surface area contributed by atoms with Crippen LogP contribution in [-0.4, -0.2) is 56.4 Å². The van der Waals surface area contributed by atoms with E-state index < -0.39 is 28.8 Å². The summed E-state index contributed by atoms with van der Waals surface area (Å²) in [5, 5.41) is 16.0. The smallest absolute Gasteiger partial charge is 0.372 e. The van der Waals surface area contributed by atoms with Gasteiger partial charge in [0.1, 0.15) is 12.7 Å². The normalized spacial score (nSPS) is 23.2. The van der Waals surface area contributed by atoms with E-state index in [1.54, 1.807) is 0 Å². The number of amides is 1. The molecule has 1 amide bonds. The average Bonchev–Trinajstić information content (AvgIpc) is 3.44. The van der Waals surface area contributed by atoms with Crippen molar-refractivity contribution in [3.63, 3.8) is 0 Å². The van der Waals surface area contributed by atoms with Crippen molar-refractivity contribution in [2.24, 2.45) is 5.92 Å². The molecular weight excluding hydrogens is 542 g/mol. The lowest BCUT2D eigenvalue weighted by atomic mass is 9.78. The van der Waals surface area contributed by atoms with Gasteiger partial charge in [-0.25, -0.2) is 9.67 Å². The maximum Gasteiger partial charge on any atom is 0.416 e. The van der Waals surface area contributed by atoms with Crippen molar-refractivity contribution >= 4 is 34.8 Å². The third-order valence-electron chi connectivity index (χ3n) is 7.60. The fraction of sp³-hybridized carbons (Fsp3) is 0.423. The third-order valence-corrected chi connectivity index (χ3v) is 8.15. The molecule has 3 aromatic rings. The minimum atomic E-state index is -4.89. The number of halogens is 5. The standard InChI is InChI=1S/C26H26Cl2F3N5O2/c1-3-34(4-2)17-7-15(8-17)12-35-22-11-18(36-14-32-13-33-36)10-20(26(29,30)31)23(22)25(38,24(35)37)19-6-5-16(27)9-21(19)28/h5-6,9-11,13-15,17,38H,3-4,7-8,12H2,1-2H3/t15-,17-,25?. The monoisotopic (exact) mass is 567 g/mol. The zero-order chi connectivity index (χ0) is 27.4. The number of aromatic nitrogens is 3. The van der Waals surface area contributed by atoms with Gasteiger partial charge in [-0.15, -0.1) is 0 Å². The molecule has 1 aliphatic heterocycles. The van der Waals surface area contributed by atoms with Gasteiger partial charge in [0.05, 0.1) is 16.9 Å². The van der Waals surface area contributed by atoms with Crippen LogP contribution < -0.4 is 4.90 Å². The molecule has 2 aromatic carbocycles. The maximum atomic E-state index is 14.6. The number of anilines is 1. The highest BCUT2D eigenvalue weighted by atomic mass is 35.5. The van der Waals surface area contributed by atoms with Crippen molar-refractivity contribution in [2.75, 3.05) is 24.5 Å². The number of carbonyl (C=O) groups excluding carboxylic acids is 1. The Balaban J connectivity index is 1.66. The van der Waals surface area contributed by atoms with Crippen LogP contribution in [0.3, 0.4) is 0 Å². The Morgan fingerprint density at radius 2 is 1.87 bits per heavy atom. The number of fused-ring (bicyclic) bond motifs is 1. The lowest BCUT2D eigenvalue weighted by molar-refractivity contribution is -0.142. The summed E-state index contributed by atoms with van der Waals surface area (Å²) in [4.78, 5) is 21.4. The number of aliphatic hydroxyl groups is 1. The molecule has 38 heavy (non-hydrogen) atoms. The van der Waals surface area contributed by atoms with Crippen LogP contribution in [0.4, 0.5) is 18.9 Å². The molecule has 0 bridgehead atoms. The molecule has 0 spiro atoms. The first-order valence-corrected chi connectivity index (χ1v) is 13.1. The Morgan fingerprint density at radius 1 is 1.16 bits per heavy atom. The van der Waals surface area contributed by atoms with Crippen LogP contribution in [0.5, 0.6) is 0 Å². The van der Waals surface area contributed by atoms with E-state index in [9.17, 15) is 23.1 Å². The van der Waals surface area contributed by atoms with E-state index in [1.165, 1.54) is 46.5 Å². The molecule has 1 unspecified atom stereocenters. The Morgan fingerprint density at radius 3 is 2.45 bits per heavy atom. The lowest BCUT2D eigenvalue weighted by Gasteiger charge is -2.43. The average molecular weight is 568 g/mol. The molecule has 7 nitrogen and oxygen atoms in total. The Kier molecular flexibility index (Phi) is 6.96. The van der Waals surface area contributed by atoms with Crippen molar-refractivity contribution in [1.29, 1.82) is 0 Å². The summed E-state index contributed by atoms with van der Waals surface area (Å²) in [7, 11) is 0. The van der Waals surface area contributed by atoms with Gasteiger partial charge in [0.15, 0.2) is 5.60 Å². The van der Waals surface area contributed by atoms with Gasteiger partial charge in [-0.1, -0.05) is 43.1 Å². The fourth-order valence-corrected chi connectivity index (χ4v) is 6.22. The third kappa shape index (κ3) is 4.37. The summed E-state index contributed by atoms with van der Waals surface area (Å²) in [5.41, 5.74) is -4.50. The van der Waals surface area contributed by atoms with Crippen molar-refractivity contribution in [3.05, 3.63) is 69.7 Å². The molecule has 1 fully saturated rings. The molecule has 1 aromatic heterocycles. The Labute approximate surface area is 227 Å². The van der Waals surface area contributed by atoms with Crippen molar-refractivity contribution in [2.45, 2.75) is 44.5 Å². The molecule has 1 N–H and O–H groups in total. The predicted molar refractivity (Wildman–Crippen MR) is 138 cm³/mol. The fourth-order valence-electron chi connectivity index (χ4n) is 5.67. The number of hydrogen-bond donors (Lipinski definition) is 1. The van der Waals surface area contributed by atoms with Gasteiger partial charge in [-0.05, 0) is 56.1 Å². The van der Waals surface area contributed by atoms with Gasteiger partial charge >= 0.3 is 6.18 Å². The van der Waals surface area contributed by atoms with Crippen LogP contribution in [-0.2, 0) is 16.6 Å². The van der Waals surface area contributed by atoms with E-state index in [0.29, 0.717) is 6.04 Å². The number of benzene rings is 2. The van der Waals surface area contributed by atoms with Gasteiger partial charge in [0.2, 0.25) is 0 Å². The van der Waals surface area contributed by atoms with Gasteiger partial charge < -0.3 is 14.9 Å². The molecule has 2 heterocycles. The number of alkyl halides is 3. The quantitative estimate of drug-likeness (QED) is 0.419. The number of hydrogen-bond acceptors (Lipinski definition) is 5. The first-order valence-electron chi connectivity index (χ1n) is 12.3. The second-order valence-corrected chi connectivity index (χ2v) is 10.5. The SMILES string of the molecule is CCN(CC)[C@H]1C[C@H](CN2C(=O)C(O)(c3ccc(Cl)cc3Cl)c3c2cc(-n2cncn2)cc3C(F)(F)F)C1. The van der Waals surface area contributed by atoms with Crippen molar-refractivity contribution < 1.29 is 23.1 Å². The zero-order valence-electron chi connectivity index (χ0n) is 20.7. The number of carbonyl (C=O) groups is 1. The van der Waals surface area contributed by atoms with E-state index in [1.807, 2.05) is 0 Å². The summed E-state index contributed by atoms with van der Waals surface area (Å²) in [6, 6.07) is 6.61. The predicted octanol–water partition coefficient (Wildman–Crippen LogP) is 5.30. The first-order chi connectivity index (χ1) is 18.0. The number of nitrogens with zero attached hydrogens (tertiary/aromatic N) is 5. The molecular formula is C26H26Cl2F3N5O2. The van der Waals surface area contributed by atoms with E-state index in [-0.39, 0.29) is 39.4 Å². The molecule has 0 radical (unpaired) electrons. The Hall–Kier alpha value is -2.66. The largest absolute Gasteiger partial charge is 0.416 e. The van der Waals surface area contributed by atoms with Crippen LogP contribution in [0.1, 0.15) is 43.4 Å². The van der Waals surface area contributed by atoms with Crippen molar-refractivity contribution in [1.82, 2.24) is 19.7 Å². The molecule has 2 aliphatic rings. The van der Waals surface area contributed by atoms with Crippen LogP contribution in [0.25, 0.3) is 5.69 Å². The first kappa shape index (κ1) is 26.9. The summed E-state index contributed by atoms with van der Waals surface area (Å²) in [5.74, 6) is -0.825. The van der Waals surface area contributed by atoms with Gasteiger partial charge in [-0.3, -0.25) is 4.79 Å². The van der Waals surface area contributed by atoms with Crippen LogP contribution in [0.2, 0.25) is 10.0 Å². The van der Waals surface area contributed by atoms with Gasteiger partial charge in [0, 0.05) is 33.8 Å². The molecule has 0 saturated heterocycles. The molecule has 1 saturated carbocycles. The van der Waals surface area contributed by atoms with Crippen LogP contribution in [0.15, 0.2) is 43.0 Å². The minimum Gasteiger partial charge on any atom is -0.372 e. The lowest BCUT2D eigenvalue weighted by Crippen LogP contribution is -2.50. The van der Waals surface area contributed by atoms with Gasteiger partial charge in [0.25, 0.3) is 5.91 Å². The highest BCUT2D eigenvalue weighted by molar-refractivity contribution is 6.35. The van der Waals surface area contributed by atoms with E-state index >= 15 is 0 Å². The summed E-state index contributed by atoms with van der Waals surface area (Å²) in [6.45, 7) is 6.11. The second kappa shape index (κ2) is 9.82. The molecule has 5 rings (SSSR count). The minimum absolute atomic E-state index is 0.0323. The van der Waals surface area contributed by atoms with E-state index in [4.69, 9.17) is 23.2 Å². The van der Waals surface area contributed by atoms with E-state index in [0.717, 1.165) is 32.0 Å². The molecule has 1 atom stereocenters. The summed E-state index contributed by atoms with van der Waals surface area (Å²) >= 11 is 12.4. The van der Waals surface area contributed by atoms with Crippen LogP contribution in [0, 0.1) is 5.92 Å². The number of rotatable bonds is 7. The van der Waals surface area contributed by atoms with Crippen molar-refractivity contribution in [3.8, 4) is 5.69 Å². The molecule has 1 aliphatic carbocycles. The van der Waals surface area contributed by atoms with Crippen LogP contribution >= 0.6 is 23.2 Å². The second-order valence-electron chi connectivity index (χ2n) is 9.69. The molecule has 12 heteroatoms.